The minimum Gasteiger partial charge on any atom is -0.466 e. The van der Waals surface area contributed by atoms with Crippen LogP contribution in [-0.2, 0) is 14.3 Å². The fourth-order valence-electron chi connectivity index (χ4n) is 11.1. The van der Waals surface area contributed by atoms with Crippen molar-refractivity contribution in [1.82, 2.24) is 5.32 Å². The number of allylic oxidation sites excluding steroid dienone is 3. The van der Waals surface area contributed by atoms with Gasteiger partial charge in [0.25, 0.3) is 0 Å². The topological polar surface area (TPSA) is 95.9 Å². The van der Waals surface area contributed by atoms with Gasteiger partial charge in [0, 0.05) is 12.8 Å². The van der Waals surface area contributed by atoms with Crippen molar-refractivity contribution in [2.45, 2.75) is 405 Å². The van der Waals surface area contributed by atoms with Crippen molar-refractivity contribution >= 4 is 11.9 Å². The monoisotopic (exact) mass is 1080 g/mol. The number of unbranched alkanes of at least 4 members (excludes halogenated alkanes) is 53. The van der Waals surface area contributed by atoms with Gasteiger partial charge in [0.1, 0.15) is 0 Å². The van der Waals surface area contributed by atoms with Gasteiger partial charge in [-0.1, -0.05) is 346 Å². The van der Waals surface area contributed by atoms with E-state index in [9.17, 15) is 19.8 Å². The second-order valence-corrected chi connectivity index (χ2v) is 24.2. The van der Waals surface area contributed by atoms with E-state index in [0.29, 0.717) is 19.4 Å². The number of aliphatic hydroxyl groups excluding tert-OH is 2. The molecule has 0 rings (SSSR count). The van der Waals surface area contributed by atoms with Crippen molar-refractivity contribution in [3.05, 3.63) is 24.3 Å². The average molecular weight is 1080 g/mol. The van der Waals surface area contributed by atoms with E-state index in [0.717, 1.165) is 44.9 Å². The van der Waals surface area contributed by atoms with Crippen LogP contribution in [0.3, 0.4) is 0 Å². The molecule has 0 aromatic rings. The number of hydrogen-bond donors (Lipinski definition) is 3. The lowest BCUT2D eigenvalue weighted by Crippen LogP contribution is -2.45. The van der Waals surface area contributed by atoms with Crippen LogP contribution >= 0.6 is 0 Å². The molecule has 3 N–H and O–H groups in total. The Morgan fingerprint density at radius 1 is 0.351 bits per heavy atom. The van der Waals surface area contributed by atoms with Gasteiger partial charge in [-0.15, -0.1) is 0 Å². The third-order valence-corrected chi connectivity index (χ3v) is 16.5. The van der Waals surface area contributed by atoms with Crippen molar-refractivity contribution in [2.24, 2.45) is 0 Å². The summed E-state index contributed by atoms with van der Waals surface area (Å²) in [4.78, 5) is 24.6. The number of rotatable bonds is 66. The summed E-state index contributed by atoms with van der Waals surface area (Å²) in [6.45, 7) is 4.93. The van der Waals surface area contributed by atoms with Crippen LogP contribution in [0.4, 0.5) is 0 Å². The van der Waals surface area contributed by atoms with E-state index in [1.54, 1.807) is 6.08 Å². The molecule has 0 spiro atoms. The molecule has 0 radical (unpaired) electrons. The van der Waals surface area contributed by atoms with E-state index in [-0.39, 0.29) is 18.5 Å². The zero-order valence-electron chi connectivity index (χ0n) is 52.2. The molecule has 0 bridgehead atoms. The summed E-state index contributed by atoms with van der Waals surface area (Å²) in [5.74, 6) is -0.0455. The average Bonchev–Trinajstić information content (AvgIpc) is 3.43. The van der Waals surface area contributed by atoms with Crippen LogP contribution in [0.25, 0.3) is 0 Å². The molecule has 77 heavy (non-hydrogen) atoms. The van der Waals surface area contributed by atoms with Gasteiger partial charge in [0.2, 0.25) is 5.91 Å². The molecule has 0 heterocycles. The van der Waals surface area contributed by atoms with Crippen LogP contribution in [0.2, 0.25) is 0 Å². The molecule has 0 fully saturated rings. The van der Waals surface area contributed by atoms with Gasteiger partial charge in [0.15, 0.2) is 0 Å². The summed E-state index contributed by atoms with van der Waals surface area (Å²) in [5.41, 5.74) is 0. The predicted octanol–water partition coefficient (Wildman–Crippen LogP) is 22.5. The molecule has 1 amide bonds. The SMILES string of the molecule is CCCCCCCC/C=C\CCCCCCCCCC(=O)OCCCCCCCCCCCCCCCCCCCCCCCCCCCCCCCCC(=O)NC(CO)C(O)/C=C/CCCCCCCCCCCCC. The predicted molar refractivity (Wildman–Crippen MR) is 338 cm³/mol. The second-order valence-electron chi connectivity index (χ2n) is 24.2. The van der Waals surface area contributed by atoms with E-state index < -0.39 is 12.1 Å². The van der Waals surface area contributed by atoms with Gasteiger partial charge >= 0.3 is 5.97 Å². The summed E-state index contributed by atoms with van der Waals surface area (Å²) in [7, 11) is 0. The minimum absolute atomic E-state index is 0.0170. The summed E-state index contributed by atoms with van der Waals surface area (Å²) in [6, 6.07) is -0.624. The van der Waals surface area contributed by atoms with Crippen molar-refractivity contribution in [3.63, 3.8) is 0 Å². The Labute approximate surface area is 481 Å². The molecular formula is C71H137NO5. The van der Waals surface area contributed by atoms with Gasteiger partial charge in [-0.25, -0.2) is 0 Å². The van der Waals surface area contributed by atoms with E-state index in [1.807, 2.05) is 6.08 Å². The standard InChI is InChI=1S/C71H137NO5/c1-3-5-7-9-11-13-15-17-18-33-37-41-45-49-53-57-61-65-71(76)77-66-62-58-54-50-46-42-38-35-32-30-28-26-24-22-20-19-21-23-25-27-29-31-34-36-40-44-48-52-56-60-64-70(75)72-68(67-73)69(74)63-59-55-51-47-43-39-16-14-12-10-8-6-4-2/h17-18,59,63,68-69,73-74H,3-16,19-58,60-62,64-67H2,1-2H3,(H,72,75)/b18-17-,63-59+. The van der Waals surface area contributed by atoms with Crippen LogP contribution in [-0.4, -0.2) is 47.4 Å². The van der Waals surface area contributed by atoms with Crippen LogP contribution in [0.5, 0.6) is 0 Å². The second kappa shape index (κ2) is 66.8. The number of ether oxygens (including phenoxy) is 1. The number of esters is 1. The number of carbonyl (C=O) groups is 2. The summed E-state index contributed by atoms with van der Waals surface area (Å²) < 4.78 is 5.50. The molecule has 0 aliphatic rings. The van der Waals surface area contributed by atoms with E-state index in [2.05, 4.69) is 31.3 Å². The third-order valence-electron chi connectivity index (χ3n) is 16.5. The molecule has 2 unspecified atom stereocenters. The maximum Gasteiger partial charge on any atom is 0.305 e. The first-order valence-electron chi connectivity index (χ1n) is 35.1. The smallest absolute Gasteiger partial charge is 0.305 e. The van der Waals surface area contributed by atoms with Gasteiger partial charge in [-0.05, 0) is 57.8 Å². The molecule has 0 aliphatic carbocycles. The van der Waals surface area contributed by atoms with E-state index >= 15 is 0 Å². The Morgan fingerprint density at radius 2 is 0.610 bits per heavy atom. The lowest BCUT2D eigenvalue weighted by atomic mass is 10.0. The first-order chi connectivity index (χ1) is 38.0. The number of hydrogen-bond acceptors (Lipinski definition) is 5. The lowest BCUT2D eigenvalue weighted by Gasteiger charge is -2.20. The lowest BCUT2D eigenvalue weighted by molar-refractivity contribution is -0.143. The molecule has 2 atom stereocenters. The molecular weight excluding hydrogens is 947 g/mol. The third kappa shape index (κ3) is 63.4. The maximum absolute atomic E-state index is 12.5. The van der Waals surface area contributed by atoms with Crippen LogP contribution in [0, 0.1) is 0 Å². The zero-order chi connectivity index (χ0) is 55.7. The fraction of sp³-hybridized carbons (Fsp3) is 0.915. The van der Waals surface area contributed by atoms with Gasteiger partial charge < -0.3 is 20.3 Å². The Bertz CT molecular complexity index is 1200. The number of carbonyl (C=O) groups excluding carboxylic acids is 2. The zero-order valence-corrected chi connectivity index (χ0v) is 52.2. The quantitative estimate of drug-likeness (QED) is 0.0320. The molecule has 456 valence electrons. The molecule has 0 saturated carbocycles. The first-order valence-corrected chi connectivity index (χ1v) is 35.1. The van der Waals surface area contributed by atoms with E-state index in [4.69, 9.17) is 4.74 Å². The maximum atomic E-state index is 12.5. The molecule has 0 aliphatic heterocycles. The summed E-state index contributed by atoms with van der Waals surface area (Å²) in [5, 5.41) is 23.1. The number of aliphatic hydroxyl groups is 2. The molecule has 6 heteroatoms. The first kappa shape index (κ1) is 75.3. The van der Waals surface area contributed by atoms with Gasteiger partial charge in [0.05, 0.1) is 25.4 Å². The van der Waals surface area contributed by atoms with Crippen molar-refractivity contribution in [3.8, 4) is 0 Å². The fourth-order valence-corrected chi connectivity index (χ4v) is 11.1. The highest BCUT2D eigenvalue weighted by Crippen LogP contribution is 2.19. The highest BCUT2D eigenvalue weighted by molar-refractivity contribution is 5.76. The van der Waals surface area contributed by atoms with Crippen LogP contribution < -0.4 is 5.32 Å². The Balaban J connectivity index is 3.32. The molecule has 0 saturated heterocycles. The number of amides is 1. The summed E-state index contributed by atoms with van der Waals surface area (Å²) in [6.07, 6.45) is 84.1. The molecule has 6 nitrogen and oxygen atoms in total. The minimum atomic E-state index is -0.840. The highest BCUT2D eigenvalue weighted by atomic mass is 16.5. The molecule has 0 aromatic carbocycles. The van der Waals surface area contributed by atoms with Crippen LogP contribution in [0.15, 0.2) is 24.3 Å². The Hall–Kier alpha value is -1.66. The normalized spacial score (nSPS) is 12.6. The Kier molecular flexibility index (Phi) is 65.4. The van der Waals surface area contributed by atoms with E-state index in [1.165, 1.54) is 321 Å². The van der Waals surface area contributed by atoms with Crippen molar-refractivity contribution in [2.75, 3.05) is 13.2 Å². The van der Waals surface area contributed by atoms with Gasteiger partial charge in [-0.3, -0.25) is 9.59 Å². The van der Waals surface area contributed by atoms with Crippen LogP contribution in [0.1, 0.15) is 393 Å². The summed E-state index contributed by atoms with van der Waals surface area (Å²) >= 11 is 0. The van der Waals surface area contributed by atoms with Crippen molar-refractivity contribution in [1.29, 1.82) is 0 Å². The largest absolute Gasteiger partial charge is 0.466 e. The van der Waals surface area contributed by atoms with Crippen molar-refractivity contribution < 1.29 is 24.5 Å². The molecule has 0 aromatic heterocycles. The van der Waals surface area contributed by atoms with Gasteiger partial charge in [-0.2, -0.15) is 0 Å². The number of nitrogens with one attached hydrogen (secondary N) is 1. The highest BCUT2D eigenvalue weighted by Gasteiger charge is 2.18. The Morgan fingerprint density at radius 3 is 0.922 bits per heavy atom.